The Hall–Kier alpha value is -1.80. The first-order valence-electron chi connectivity index (χ1n) is 8.00. The van der Waals surface area contributed by atoms with Crippen LogP contribution >= 0.6 is 0 Å². The minimum absolute atomic E-state index is 0.108. The van der Waals surface area contributed by atoms with Crippen LogP contribution in [-0.2, 0) is 20.8 Å². The van der Waals surface area contributed by atoms with E-state index in [-0.39, 0.29) is 17.6 Å². The van der Waals surface area contributed by atoms with E-state index in [1.807, 2.05) is 0 Å². The van der Waals surface area contributed by atoms with E-state index in [0.717, 1.165) is 31.5 Å². The third-order valence-electron chi connectivity index (χ3n) is 4.31. The lowest BCUT2D eigenvalue weighted by molar-refractivity contribution is -0.274. The van der Waals surface area contributed by atoms with Crippen LogP contribution in [0.1, 0.15) is 18.4 Å². The summed E-state index contributed by atoms with van der Waals surface area (Å²) in [4.78, 5) is 13.9. The van der Waals surface area contributed by atoms with Gasteiger partial charge in [-0.3, -0.25) is 4.90 Å². The van der Waals surface area contributed by atoms with Crippen LogP contribution in [0.5, 0.6) is 5.75 Å². The van der Waals surface area contributed by atoms with Crippen LogP contribution in [0, 0.1) is 5.92 Å². The van der Waals surface area contributed by atoms with Crippen molar-refractivity contribution in [1.82, 2.24) is 4.90 Å². The predicted molar refractivity (Wildman–Crippen MR) is 83.9 cm³/mol. The number of ether oxygens (including phenoxy) is 3. The zero-order valence-corrected chi connectivity index (χ0v) is 14.2. The quantitative estimate of drug-likeness (QED) is 0.729. The number of carbonyl (C=O) groups is 1. The van der Waals surface area contributed by atoms with Gasteiger partial charge in [0.15, 0.2) is 6.10 Å². The third kappa shape index (κ3) is 5.89. The number of carbonyl (C=O) groups excluding carboxylic acids is 1. The second kappa shape index (κ2) is 8.53. The van der Waals surface area contributed by atoms with Gasteiger partial charge in [0.2, 0.25) is 0 Å². The largest absolute Gasteiger partial charge is 0.573 e. The topological polar surface area (TPSA) is 48.0 Å². The van der Waals surface area contributed by atoms with Crippen molar-refractivity contribution in [3.63, 3.8) is 0 Å². The molecule has 0 amide bonds. The van der Waals surface area contributed by atoms with Crippen LogP contribution in [0.2, 0.25) is 0 Å². The van der Waals surface area contributed by atoms with E-state index < -0.39 is 12.5 Å². The summed E-state index contributed by atoms with van der Waals surface area (Å²) < 4.78 is 50.3. The molecule has 1 aliphatic heterocycles. The van der Waals surface area contributed by atoms with Crippen LogP contribution < -0.4 is 4.74 Å². The van der Waals surface area contributed by atoms with Gasteiger partial charge in [-0.2, -0.15) is 0 Å². The monoisotopic (exact) mass is 361 g/mol. The molecule has 1 saturated heterocycles. The van der Waals surface area contributed by atoms with E-state index >= 15 is 0 Å². The van der Waals surface area contributed by atoms with Gasteiger partial charge in [-0.15, -0.1) is 13.2 Å². The maximum Gasteiger partial charge on any atom is 0.573 e. The smallest absolute Gasteiger partial charge is 0.467 e. The van der Waals surface area contributed by atoms with Crippen molar-refractivity contribution in [2.75, 3.05) is 27.3 Å². The average Bonchev–Trinajstić information content (AvgIpc) is 2.57. The minimum Gasteiger partial charge on any atom is -0.467 e. The standard InChI is InChI=1S/C17H22F3NO4/c1-23-15(16(22)24-2)13-7-9-21(10-8-13)11-12-3-5-14(6-4-12)25-17(18,19)20/h3-6,13,15H,7-11H2,1-2H3. The normalized spacial score (nSPS) is 18.0. The summed E-state index contributed by atoms with van der Waals surface area (Å²) in [6.45, 7) is 2.19. The molecule has 0 aromatic heterocycles. The van der Waals surface area contributed by atoms with Crippen LogP contribution in [0.3, 0.4) is 0 Å². The average molecular weight is 361 g/mol. The van der Waals surface area contributed by atoms with Crippen molar-refractivity contribution in [3.05, 3.63) is 29.8 Å². The van der Waals surface area contributed by atoms with Gasteiger partial charge in [0, 0.05) is 13.7 Å². The molecule has 0 radical (unpaired) electrons. The number of halogens is 3. The first kappa shape index (κ1) is 19.5. The Morgan fingerprint density at radius 2 is 1.80 bits per heavy atom. The fourth-order valence-corrected chi connectivity index (χ4v) is 3.07. The van der Waals surface area contributed by atoms with Crippen molar-refractivity contribution < 1.29 is 32.2 Å². The molecule has 0 bridgehead atoms. The molecule has 5 nitrogen and oxygen atoms in total. The summed E-state index contributed by atoms with van der Waals surface area (Å²) in [5.41, 5.74) is 0.907. The SMILES string of the molecule is COC(=O)C(OC)C1CCN(Cc2ccc(OC(F)(F)F)cc2)CC1. The highest BCUT2D eigenvalue weighted by Crippen LogP contribution is 2.26. The van der Waals surface area contributed by atoms with E-state index in [1.54, 1.807) is 12.1 Å². The number of benzene rings is 1. The molecule has 25 heavy (non-hydrogen) atoms. The Bertz CT molecular complexity index is 554. The minimum atomic E-state index is -4.68. The summed E-state index contributed by atoms with van der Waals surface area (Å²) in [5, 5.41) is 0. The molecular weight excluding hydrogens is 339 g/mol. The summed E-state index contributed by atoms with van der Waals surface area (Å²) in [6, 6.07) is 5.88. The third-order valence-corrected chi connectivity index (χ3v) is 4.31. The fourth-order valence-electron chi connectivity index (χ4n) is 3.07. The predicted octanol–water partition coefficient (Wildman–Crippen LogP) is 2.99. The summed E-state index contributed by atoms with van der Waals surface area (Å²) >= 11 is 0. The number of hydrogen-bond donors (Lipinski definition) is 0. The zero-order valence-electron chi connectivity index (χ0n) is 14.2. The van der Waals surface area contributed by atoms with Gasteiger partial charge in [-0.25, -0.2) is 4.79 Å². The highest BCUT2D eigenvalue weighted by molar-refractivity contribution is 5.74. The molecule has 1 aromatic rings. The number of likely N-dealkylation sites (tertiary alicyclic amines) is 1. The molecule has 1 atom stereocenters. The maximum absolute atomic E-state index is 12.2. The van der Waals surface area contributed by atoms with Gasteiger partial charge < -0.3 is 14.2 Å². The molecule has 1 fully saturated rings. The Labute approximate surface area is 144 Å². The van der Waals surface area contributed by atoms with Gasteiger partial charge in [0.25, 0.3) is 0 Å². The molecule has 0 saturated carbocycles. The number of piperidine rings is 1. The molecule has 1 unspecified atom stereocenters. The fraction of sp³-hybridized carbons (Fsp3) is 0.588. The summed E-state index contributed by atoms with van der Waals surface area (Å²) in [6.07, 6.45) is -3.64. The second-order valence-corrected chi connectivity index (χ2v) is 5.98. The van der Waals surface area contributed by atoms with E-state index in [2.05, 4.69) is 9.64 Å². The zero-order chi connectivity index (χ0) is 18.4. The lowest BCUT2D eigenvalue weighted by atomic mass is 9.91. The van der Waals surface area contributed by atoms with Crippen LogP contribution in [-0.4, -0.2) is 50.6 Å². The highest BCUT2D eigenvalue weighted by Gasteiger charge is 2.32. The molecule has 0 spiro atoms. The number of nitrogens with zero attached hydrogens (tertiary/aromatic N) is 1. The molecule has 0 N–H and O–H groups in total. The van der Waals surface area contributed by atoms with E-state index in [9.17, 15) is 18.0 Å². The molecule has 140 valence electrons. The summed E-state index contributed by atoms with van der Waals surface area (Å²) in [5.74, 6) is -0.478. The van der Waals surface area contributed by atoms with Gasteiger partial charge in [0.1, 0.15) is 5.75 Å². The van der Waals surface area contributed by atoms with Gasteiger partial charge in [-0.1, -0.05) is 12.1 Å². The van der Waals surface area contributed by atoms with Crippen LogP contribution in [0.25, 0.3) is 0 Å². The molecule has 1 aromatic carbocycles. The number of hydrogen-bond acceptors (Lipinski definition) is 5. The number of esters is 1. The maximum atomic E-state index is 12.2. The Morgan fingerprint density at radius 3 is 2.28 bits per heavy atom. The molecule has 0 aliphatic carbocycles. The van der Waals surface area contributed by atoms with Crippen molar-refractivity contribution >= 4 is 5.97 Å². The van der Waals surface area contributed by atoms with E-state index in [1.165, 1.54) is 26.4 Å². The first-order chi connectivity index (χ1) is 11.8. The second-order valence-electron chi connectivity index (χ2n) is 5.98. The Balaban J connectivity index is 1.84. The van der Waals surface area contributed by atoms with Gasteiger partial charge >= 0.3 is 12.3 Å². The lowest BCUT2D eigenvalue weighted by Crippen LogP contribution is -2.41. The Morgan fingerprint density at radius 1 is 1.20 bits per heavy atom. The molecule has 1 aliphatic rings. The van der Waals surface area contributed by atoms with Gasteiger partial charge in [0.05, 0.1) is 7.11 Å². The molecule has 8 heteroatoms. The lowest BCUT2D eigenvalue weighted by Gasteiger charge is -2.34. The van der Waals surface area contributed by atoms with Crippen molar-refractivity contribution in [2.24, 2.45) is 5.92 Å². The van der Waals surface area contributed by atoms with Crippen LogP contribution in [0.15, 0.2) is 24.3 Å². The van der Waals surface area contributed by atoms with Crippen LogP contribution in [0.4, 0.5) is 13.2 Å². The van der Waals surface area contributed by atoms with Gasteiger partial charge in [-0.05, 0) is 49.5 Å². The molecule has 1 heterocycles. The number of methoxy groups -OCH3 is 2. The summed E-state index contributed by atoms with van der Waals surface area (Å²) in [7, 11) is 2.84. The van der Waals surface area contributed by atoms with E-state index in [4.69, 9.17) is 9.47 Å². The highest BCUT2D eigenvalue weighted by atomic mass is 19.4. The Kier molecular flexibility index (Phi) is 6.66. The van der Waals surface area contributed by atoms with Crippen molar-refractivity contribution in [1.29, 1.82) is 0 Å². The first-order valence-corrected chi connectivity index (χ1v) is 8.00. The molecule has 2 rings (SSSR count). The van der Waals surface area contributed by atoms with Crippen molar-refractivity contribution in [2.45, 2.75) is 31.9 Å². The number of alkyl halides is 3. The number of rotatable bonds is 6. The van der Waals surface area contributed by atoms with E-state index in [0.29, 0.717) is 6.54 Å². The van der Waals surface area contributed by atoms with Crippen molar-refractivity contribution in [3.8, 4) is 5.75 Å². The molecular formula is C17H22F3NO4.